The SMILES string of the molecule is O=C1C=C(Nc2cc(I)cc(I)c2)C(=O)N1CCO. The number of benzene rings is 1. The number of aliphatic hydroxyl groups excluding tert-OH is 1. The van der Waals surface area contributed by atoms with E-state index >= 15 is 0 Å². The minimum Gasteiger partial charge on any atom is -0.395 e. The molecule has 0 radical (unpaired) electrons. The van der Waals surface area contributed by atoms with Gasteiger partial charge in [0.25, 0.3) is 11.8 Å². The van der Waals surface area contributed by atoms with Crippen LogP contribution in [0.3, 0.4) is 0 Å². The molecule has 0 unspecified atom stereocenters. The number of carbonyl (C=O) groups is 2. The molecule has 1 aliphatic heterocycles. The van der Waals surface area contributed by atoms with Crippen LogP contribution in [0.5, 0.6) is 0 Å². The van der Waals surface area contributed by atoms with Crippen LogP contribution >= 0.6 is 45.2 Å². The molecule has 0 aromatic heterocycles. The zero-order valence-electron chi connectivity index (χ0n) is 9.69. The van der Waals surface area contributed by atoms with Gasteiger partial charge in [-0.1, -0.05) is 0 Å². The van der Waals surface area contributed by atoms with Crippen LogP contribution in [0.2, 0.25) is 0 Å². The lowest BCUT2D eigenvalue weighted by atomic mass is 10.3. The summed E-state index contributed by atoms with van der Waals surface area (Å²) in [5.74, 6) is -0.810. The van der Waals surface area contributed by atoms with E-state index in [1.807, 2.05) is 18.2 Å². The fraction of sp³-hybridized carbons (Fsp3) is 0.167. The van der Waals surface area contributed by atoms with Crippen LogP contribution in [0.1, 0.15) is 0 Å². The number of hydrogen-bond donors (Lipinski definition) is 2. The quantitative estimate of drug-likeness (QED) is 0.503. The number of anilines is 1. The number of nitrogens with one attached hydrogen (secondary N) is 1. The molecule has 2 amide bonds. The molecule has 1 heterocycles. The molecule has 0 fully saturated rings. The summed E-state index contributed by atoms with van der Waals surface area (Å²) in [6.07, 6.45) is 1.25. The number of β-amino-alcohol motifs (C(OH)–C–C–N with tert-alkyl or cyclic N) is 1. The van der Waals surface area contributed by atoms with Gasteiger partial charge in [0.15, 0.2) is 0 Å². The monoisotopic (exact) mass is 484 g/mol. The Morgan fingerprint density at radius 2 is 1.79 bits per heavy atom. The summed E-state index contributed by atoms with van der Waals surface area (Å²) in [5.41, 5.74) is 0.991. The molecule has 0 aliphatic carbocycles. The highest BCUT2D eigenvalue weighted by Crippen LogP contribution is 2.21. The molecule has 7 heteroatoms. The zero-order valence-corrected chi connectivity index (χ0v) is 14.0. The third-order valence-electron chi connectivity index (χ3n) is 2.47. The average molecular weight is 484 g/mol. The van der Waals surface area contributed by atoms with Crippen LogP contribution in [0.25, 0.3) is 0 Å². The molecular formula is C12H10I2N2O3. The minimum atomic E-state index is -0.409. The van der Waals surface area contributed by atoms with Gasteiger partial charge in [0.05, 0.1) is 13.2 Å². The molecule has 1 aliphatic rings. The van der Waals surface area contributed by atoms with Gasteiger partial charge in [0.2, 0.25) is 0 Å². The third kappa shape index (κ3) is 3.45. The first-order chi connectivity index (χ1) is 9.01. The number of hydrogen-bond acceptors (Lipinski definition) is 4. The largest absolute Gasteiger partial charge is 0.395 e. The van der Waals surface area contributed by atoms with Crippen molar-refractivity contribution >= 4 is 62.7 Å². The predicted octanol–water partition coefficient (Wildman–Crippen LogP) is 1.55. The van der Waals surface area contributed by atoms with Crippen molar-refractivity contribution in [2.24, 2.45) is 0 Å². The summed E-state index contributed by atoms with van der Waals surface area (Å²) in [4.78, 5) is 24.5. The van der Waals surface area contributed by atoms with E-state index in [1.54, 1.807) is 0 Å². The molecule has 0 saturated heterocycles. The van der Waals surface area contributed by atoms with Gasteiger partial charge in [-0.2, -0.15) is 0 Å². The van der Waals surface area contributed by atoms with Crippen LogP contribution < -0.4 is 5.32 Å². The Morgan fingerprint density at radius 3 is 2.37 bits per heavy atom. The number of imide groups is 1. The second-order valence-electron chi connectivity index (χ2n) is 3.86. The Labute approximate surface area is 137 Å². The molecule has 5 nitrogen and oxygen atoms in total. The van der Waals surface area contributed by atoms with Crippen LogP contribution in [-0.4, -0.2) is 35.0 Å². The van der Waals surface area contributed by atoms with Crippen LogP contribution in [-0.2, 0) is 9.59 Å². The summed E-state index contributed by atoms with van der Waals surface area (Å²) in [7, 11) is 0. The van der Waals surface area contributed by atoms with Crippen molar-refractivity contribution in [3.05, 3.63) is 37.1 Å². The predicted molar refractivity (Wildman–Crippen MR) is 87.4 cm³/mol. The summed E-state index contributed by atoms with van der Waals surface area (Å²) in [6, 6.07) is 5.77. The normalized spacial score (nSPS) is 14.9. The fourth-order valence-corrected chi connectivity index (χ4v) is 3.63. The van der Waals surface area contributed by atoms with Crippen molar-refractivity contribution in [1.82, 2.24) is 4.90 Å². The van der Waals surface area contributed by atoms with Crippen LogP contribution in [0.4, 0.5) is 5.69 Å². The van der Waals surface area contributed by atoms with E-state index < -0.39 is 11.8 Å². The van der Waals surface area contributed by atoms with E-state index in [4.69, 9.17) is 5.11 Å². The summed E-state index contributed by atoms with van der Waals surface area (Å²) in [6.45, 7) is -0.219. The lowest BCUT2D eigenvalue weighted by Crippen LogP contribution is -2.34. The van der Waals surface area contributed by atoms with Gasteiger partial charge < -0.3 is 10.4 Å². The van der Waals surface area contributed by atoms with Crippen molar-refractivity contribution in [3.8, 4) is 0 Å². The van der Waals surface area contributed by atoms with Gasteiger partial charge in [-0.15, -0.1) is 0 Å². The summed E-state index contributed by atoms with van der Waals surface area (Å²) < 4.78 is 2.08. The molecule has 2 rings (SSSR count). The fourth-order valence-electron chi connectivity index (χ4n) is 1.69. The Kier molecular flexibility index (Phi) is 4.79. The topological polar surface area (TPSA) is 69.6 Å². The number of carbonyl (C=O) groups excluding carboxylic acids is 2. The molecule has 1 aromatic rings. The minimum absolute atomic E-state index is 0.0171. The molecule has 0 atom stereocenters. The van der Waals surface area contributed by atoms with Gasteiger partial charge in [0, 0.05) is 18.9 Å². The van der Waals surface area contributed by atoms with Crippen molar-refractivity contribution in [2.75, 3.05) is 18.5 Å². The average Bonchev–Trinajstić information content (AvgIpc) is 2.56. The molecule has 0 bridgehead atoms. The molecule has 2 N–H and O–H groups in total. The third-order valence-corrected chi connectivity index (χ3v) is 3.72. The zero-order chi connectivity index (χ0) is 14.0. The van der Waals surface area contributed by atoms with E-state index in [0.29, 0.717) is 0 Å². The van der Waals surface area contributed by atoms with Crippen molar-refractivity contribution in [2.45, 2.75) is 0 Å². The lowest BCUT2D eigenvalue weighted by Gasteiger charge is -2.13. The summed E-state index contributed by atoms with van der Waals surface area (Å²) >= 11 is 4.37. The maximum Gasteiger partial charge on any atom is 0.277 e. The Morgan fingerprint density at radius 1 is 1.16 bits per heavy atom. The van der Waals surface area contributed by atoms with E-state index in [9.17, 15) is 9.59 Å². The van der Waals surface area contributed by atoms with Gasteiger partial charge >= 0.3 is 0 Å². The van der Waals surface area contributed by atoms with Crippen LogP contribution in [0, 0.1) is 7.14 Å². The second kappa shape index (κ2) is 6.18. The van der Waals surface area contributed by atoms with Crippen LogP contribution in [0.15, 0.2) is 30.0 Å². The van der Waals surface area contributed by atoms with E-state index in [2.05, 4.69) is 50.5 Å². The molecule has 1 aromatic carbocycles. The van der Waals surface area contributed by atoms with Crippen molar-refractivity contribution < 1.29 is 14.7 Å². The number of amides is 2. The highest BCUT2D eigenvalue weighted by Gasteiger charge is 2.30. The molecule has 0 spiro atoms. The Bertz CT molecular complexity index is 552. The molecule has 100 valence electrons. The second-order valence-corrected chi connectivity index (χ2v) is 6.35. The van der Waals surface area contributed by atoms with Crippen molar-refractivity contribution in [3.63, 3.8) is 0 Å². The van der Waals surface area contributed by atoms with E-state index in [1.165, 1.54) is 6.08 Å². The number of nitrogens with zero attached hydrogens (tertiary/aromatic N) is 1. The first-order valence-electron chi connectivity index (χ1n) is 5.43. The molecule has 19 heavy (non-hydrogen) atoms. The molecule has 0 saturated carbocycles. The number of aliphatic hydroxyl groups is 1. The first-order valence-corrected chi connectivity index (χ1v) is 7.58. The Balaban J connectivity index is 2.18. The maximum atomic E-state index is 11.9. The van der Waals surface area contributed by atoms with Gasteiger partial charge in [-0.3, -0.25) is 14.5 Å². The number of rotatable bonds is 4. The highest BCUT2D eigenvalue weighted by atomic mass is 127. The lowest BCUT2D eigenvalue weighted by molar-refractivity contribution is -0.137. The smallest absolute Gasteiger partial charge is 0.277 e. The summed E-state index contributed by atoms with van der Waals surface area (Å²) in [5, 5.41) is 11.8. The van der Waals surface area contributed by atoms with Gasteiger partial charge in [-0.05, 0) is 63.4 Å². The standard InChI is InChI=1S/C12H10I2N2O3/c13-7-3-8(14)5-9(4-7)15-10-6-11(18)16(1-2-17)12(10)19/h3-6,15,17H,1-2H2. The number of halogens is 2. The van der Waals surface area contributed by atoms with Gasteiger partial charge in [-0.25, -0.2) is 0 Å². The van der Waals surface area contributed by atoms with E-state index in [0.717, 1.165) is 17.7 Å². The van der Waals surface area contributed by atoms with E-state index in [-0.39, 0.29) is 18.8 Å². The molecular weight excluding hydrogens is 474 g/mol. The first kappa shape index (κ1) is 14.7. The van der Waals surface area contributed by atoms with Gasteiger partial charge in [0.1, 0.15) is 5.70 Å². The highest BCUT2D eigenvalue weighted by molar-refractivity contribution is 14.1. The van der Waals surface area contributed by atoms with Crippen molar-refractivity contribution in [1.29, 1.82) is 0 Å². The maximum absolute atomic E-state index is 11.9. The Hall–Kier alpha value is -0.680.